The van der Waals surface area contributed by atoms with Crippen molar-refractivity contribution in [1.82, 2.24) is 15.5 Å². The number of esters is 1. The second-order valence-corrected chi connectivity index (χ2v) is 9.42. The zero-order valence-electron chi connectivity index (χ0n) is 20.7. The number of nitrogens with one attached hydrogen (secondary N) is 2. The van der Waals surface area contributed by atoms with Gasteiger partial charge in [-0.25, -0.2) is 4.79 Å². The molecule has 1 aliphatic heterocycles. The van der Waals surface area contributed by atoms with Crippen LogP contribution in [0.25, 0.3) is 0 Å². The molecule has 0 spiro atoms. The molecule has 2 N–H and O–H groups in total. The van der Waals surface area contributed by atoms with Crippen LogP contribution in [0.2, 0.25) is 0 Å². The summed E-state index contributed by atoms with van der Waals surface area (Å²) in [5.74, 6) is -0.694. The van der Waals surface area contributed by atoms with E-state index in [-0.39, 0.29) is 47.7 Å². The highest BCUT2D eigenvalue weighted by Crippen LogP contribution is 2.20. The molecule has 0 aliphatic carbocycles. The van der Waals surface area contributed by atoms with E-state index in [0.29, 0.717) is 12.2 Å². The molecule has 178 valence electrons. The number of amides is 2. The van der Waals surface area contributed by atoms with Crippen LogP contribution >= 0.6 is 0 Å². The summed E-state index contributed by atoms with van der Waals surface area (Å²) in [7, 11) is 0. The van der Waals surface area contributed by atoms with Crippen molar-refractivity contribution >= 4 is 17.8 Å². The Morgan fingerprint density at radius 3 is 2.19 bits per heavy atom. The molecular formula is C24H43N3O4. The van der Waals surface area contributed by atoms with E-state index in [9.17, 15) is 14.4 Å². The number of piperidine rings is 1. The summed E-state index contributed by atoms with van der Waals surface area (Å²) in [5.41, 5.74) is 0.459. The van der Waals surface area contributed by atoms with Crippen molar-refractivity contribution in [1.29, 1.82) is 0 Å². The molecule has 0 radical (unpaired) electrons. The number of ether oxygens (including phenoxy) is 1. The van der Waals surface area contributed by atoms with E-state index in [1.54, 1.807) is 19.9 Å². The van der Waals surface area contributed by atoms with Crippen LogP contribution in [-0.4, -0.2) is 60.0 Å². The fourth-order valence-electron chi connectivity index (χ4n) is 3.88. The lowest BCUT2D eigenvalue weighted by atomic mass is 9.96. The summed E-state index contributed by atoms with van der Waals surface area (Å²) < 4.78 is 5.04. The first-order chi connectivity index (χ1) is 14.5. The molecule has 31 heavy (non-hydrogen) atoms. The van der Waals surface area contributed by atoms with E-state index in [2.05, 4.69) is 29.4 Å². The lowest BCUT2D eigenvalue weighted by Gasteiger charge is -2.38. The Morgan fingerprint density at radius 1 is 1.03 bits per heavy atom. The predicted octanol–water partition coefficient (Wildman–Crippen LogP) is 3.04. The maximum Gasteiger partial charge on any atom is 0.333 e. The number of carbonyl (C=O) groups is 3. The first kappa shape index (κ1) is 27.1. The summed E-state index contributed by atoms with van der Waals surface area (Å²) in [5, 5.41) is 6.02. The number of hydrogen-bond acceptors (Lipinski definition) is 5. The van der Waals surface area contributed by atoms with Gasteiger partial charge in [-0.15, -0.1) is 0 Å². The quantitative estimate of drug-likeness (QED) is 0.405. The van der Waals surface area contributed by atoms with Crippen molar-refractivity contribution in [2.24, 2.45) is 11.8 Å². The van der Waals surface area contributed by atoms with Gasteiger partial charge in [0, 0.05) is 11.6 Å². The Kier molecular flexibility index (Phi) is 11.2. The van der Waals surface area contributed by atoms with E-state index in [0.717, 1.165) is 25.8 Å². The molecule has 0 bridgehead atoms. The molecule has 1 fully saturated rings. The Bertz CT molecular complexity index is 643. The largest absolute Gasteiger partial charge is 0.463 e. The lowest BCUT2D eigenvalue weighted by Crippen LogP contribution is -2.58. The fourth-order valence-corrected chi connectivity index (χ4v) is 3.88. The normalized spacial score (nSPS) is 20.0. The molecule has 0 aromatic heterocycles. The summed E-state index contributed by atoms with van der Waals surface area (Å²) in [6.45, 7) is 16.7. The van der Waals surface area contributed by atoms with Gasteiger partial charge in [0.1, 0.15) is 6.04 Å². The van der Waals surface area contributed by atoms with Gasteiger partial charge in [0.2, 0.25) is 11.8 Å². The van der Waals surface area contributed by atoms with E-state index in [4.69, 9.17) is 4.74 Å². The molecule has 0 saturated carbocycles. The molecule has 1 heterocycles. The summed E-state index contributed by atoms with van der Waals surface area (Å²) in [6, 6.07) is -0.892. The van der Waals surface area contributed by atoms with E-state index >= 15 is 0 Å². The van der Waals surface area contributed by atoms with Crippen LogP contribution < -0.4 is 10.6 Å². The summed E-state index contributed by atoms with van der Waals surface area (Å²) in [4.78, 5) is 40.4. The topological polar surface area (TPSA) is 87.7 Å². The molecule has 1 aliphatic rings. The minimum absolute atomic E-state index is 0.0667. The van der Waals surface area contributed by atoms with Crippen LogP contribution in [0.3, 0.4) is 0 Å². The van der Waals surface area contributed by atoms with Crippen LogP contribution in [0.15, 0.2) is 11.6 Å². The predicted molar refractivity (Wildman–Crippen MR) is 123 cm³/mol. The number of hydrogen-bond donors (Lipinski definition) is 2. The zero-order chi connectivity index (χ0) is 23.7. The third-order valence-electron chi connectivity index (χ3n) is 5.81. The average molecular weight is 438 g/mol. The van der Waals surface area contributed by atoms with Gasteiger partial charge in [0.25, 0.3) is 0 Å². The second kappa shape index (κ2) is 12.8. The van der Waals surface area contributed by atoms with Crippen molar-refractivity contribution < 1.29 is 19.1 Å². The Balaban J connectivity index is 2.93. The van der Waals surface area contributed by atoms with Gasteiger partial charge >= 0.3 is 5.97 Å². The Morgan fingerprint density at radius 2 is 1.68 bits per heavy atom. The monoisotopic (exact) mass is 437 g/mol. The first-order valence-electron chi connectivity index (χ1n) is 11.7. The maximum absolute atomic E-state index is 13.1. The molecule has 7 heteroatoms. The number of likely N-dealkylation sites (tertiary alicyclic amines) is 1. The molecule has 1 saturated heterocycles. The highest BCUT2D eigenvalue weighted by atomic mass is 16.5. The van der Waals surface area contributed by atoms with E-state index in [1.165, 1.54) is 0 Å². The number of rotatable bonds is 10. The Labute approximate surface area is 188 Å². The summed E-state index contributed by atoms with van der Waals surface area (Å²) in [6.07, 6.45) is 4.67. The second-order valence-electron chi connectivity index (χ2n) is 9.42. The Hall–Kier alpha value is -1.89. The van der Waals surface area contributed by atoms with Gasteiger partial charge in [-0.3, -0.25) is 14.5 Å². The molecular weight excluding hydrogens is 394 g/mol. The molecule has 0 aromatic carbocycles. The standard InChI is InChI=1S/C24H43N3O4/c1-9-31-24(30)18(8)14-19(15(2)3)25-23(29)21(16(4)5)26-22(28)20-12-10-11-13-27(20)17(6)7/h14-17,19-21H,9-13H2,1-8H3,(H,25,29)(H,26,28)/t19-,20?,21+/m1/s1. The van der Waals surface area contributed by atoms with E-state index in [1.807, 2.05) is 27.7 Å². The van der Waals surface area contributed by atoms with Gasteiger partial charge in [0.05, 0.1) is 18.7 Å². The van der Waals surface area contributed by atoms with Crippen LogP contribution in [-0.2, 0) is 19.1 Å². The molecule has 1 rings (SSSR count). The van der Waals surface area contributed by atoms with Crippen LogP contribution in [0.1, 0.15) is 74.7 Å². The zero-order valence-corrected chi connectivity index (χ0v) is 20.7. The number of nitrogens with zero attached hydrogens (tertiary/aromatic N) is 1. The minimum atomic E-state index is -0.638. The van der Waals surface area contributed by atoms with E-state index < -0.39 is 6.04 Å². The molecule has 0 aromatic rings. The fraction of sp³-hybridized carbons (Fsp3) is 0.792. The van der Waals surface area contributed by atoms with Crippen molar-refractivity contribution in [3.63, 3.8) is 0 Å². The van der Waals surface area contributed by atoms with Gasteiger partial charge in [0.15, 0.2) is 0 Å². The highest BCUT2D eigenvalue weighted by Gasteiger charge is 2.34. The molecule has 2 amide bonds. The lowest BCUT2D eigenvalue weighted by molar-refractivity contribution is -0.138. The smallest absolute Gasteiger partial charge is 0.333 e. The third kappa shape index (κ3) is 8.28. The van der Waals surface area contributed by atoms with Crippen molar-refractivity contribution in [2.45, 2.75) is 98.8 Å². The van der Waals surface area contributed by atoms with Gasteiger partial charge in [-0.05, 0) is 58.9 Å². The van der Waals surface area contributed by atoms with Crippen LogP contribution in [0.4, 0.5) is 0 Å². The third-order valence-corrected chi connectivity index (χ3v) is 5.81. The van der Waals surface area contributed by atoms with Crippen LogP contribution in [0.5, 0.6) is 0 Å². The van der Waals surface area contributed by atoms with Gasteiger partial charge in [-0.2, -0.15) is 0 Å². The van der Waals surface area contributed by atoms with Gasteiger partial charge in [-0.1, -0.05) is 40.2 Å². The SMILES string of the molecule is CCOC(=O)C(C)=C[C@@H](NC(=O)[C@@H](NC(=O)C1CCCCN1C(C)C)C(C)C)C(C)C. The minimum Gasteiger partial charge on any atom is -0.463 e. The highest BCUT2D eigenvalue weighted by molar-refractivity contribution is 5.91. The molecule has 7 nitrogen and oxygen atoms in total. The van der Waals surface area contributed by atoms with Gasteiger partial charge < -0.3 is 15.4 Å². The maximum atomic E-state index is 13.1. The van der Waals surface area contributed by atoms with Crippen LogP contribution in [0, 0.1) is 11.8 Å². The average Bonchev–Trinajstić information content (AvgIpc) is 2.70. The summed E-state index contributed by atoms with van der Waals surface area (Å²) >= 11 is 0. The number of carbonyl (C=O) groups excluding carboxylic acids is 3. The van der Waals surface area contributed by atoms with Crippen molar-refractivity contribution in [2.75, 3.05) is 13.2 Å². The molecule has 3 atom stereocenters. The first-order valence-corrected chi connectivity index (χ1v) is 11.7. The van der Waals surface area contributed by atoms with Crippen molar-refractivity contribution in [3.8, 4) is 0 Å². The molecule has 1 unspecified atom stereocenters. The van der Waals surface area contributed by atoms with Crippen molar-refractivity contribution in [3.05, 3.63) is 11.6 Å².